The highest BCUT2D eigenvalue weighted by atomic mass is 32.1. The molecule has 1 amide bonds. The molecule has 1 aliphatic rings. The smallest absolute Gasteiger partial charge is 0.310 e. The van der Waals surface area contributed by atoms with E-state index < -0.39 is 0 Å². The quantitative estimate of drug-likeness (QED) is 0.515. The average Bonchev–Trinajstić information content (AvgIpc) is 3.36. The number of hydrogen-bond acceptors (Lipinski definition) is 8. The number of Topliss-reactive ketones (excluding diaryl/α,β-unsaturated/α-hetero) is 1. The summed E-state index contributed by atoms with van der Waals surface area (Å²) >= 11 is 1.30. The first-order valence-corrected chi connectivity index (χ1v) is 10.2. The lowest BCUT2D eigenvalue weighted by Crippen LogP contribution is -2.42. The Kier molecular flexibility index (Phi) is 6.56. The van der Waals surface area contributed by atoms with Crippen LogP contribution in [0.3, 0.4) is 0 Å². The predicted molar refractivity (Wildman–Crippen MR) is 102 cm³/mol. The highest BCUT2D eigenvalue weighted by molar-refractivity contribution is 7.17. The summed E-state index contributed by atoms with van der Waals surface area (Å²) in [5, 5.41) is 7.99. The first kappa shape index (κ1) is 20.2. The van der Waals surface area contributed by atoms with Crippen molar-refractivity contribution in [2.45, 2.75) is 39.5 Å². The number of amides is 1. The van der Waals surface area contributed by atoms with Crippen molar-refractivity contribution < 1.29 is 23.5 Å². The van der Waals surface area contributed by atoms with E-state index in [0.717, 1.165) is 17.7 Å². The lowest BCUT2D eigenvalue weighted by molar-refractivity contribution is -0.151. The van der Waals surface area contributed by atoms with Crippen molar-refractivity contribution in [2.75, 3.05) is 19.7 Å². The molecular weight excluding hydrogens is 382 g/mol. The molecule has 0 aliphatic carbocycles. The molecule has 0 aromatic carbocycles. The Hall–Kier alpha value is -2.55. The average molecular weight is 405 g/mol. The number of hydrogen-bond donors (Lipinski definition) is 0. The van der Waals surface area contributed by atoms with E-state index in [1.807, 2.05) is 0 Å². The Balaban J connectivity index is 1.54. The molecule has 9 heteroatoms. The molecule has 8 nitrogen and oxygen atoms in total. The van der Waals surface area contributed by atoms with Gasteiger partial charge >= 0.3 is 5.97 Å². The van der Waals surface area contributed by atoms with Gasteiger partial charge in [-0.25, -0.2) is 0 Å². The van der Waals surface area contributed by atoms with E-state index in [-0.39, 0.29) is 30.0 Å². The minimum Gasteiger partial charge on any atom is -0.466 e. The molecule has 0 spiro atoms. The van der Waals surface area contributed by atoms with Gasteiger partial charge in [-0.2, -0.15) is 0 Å². The topological polar surface area (TPSA) is 103 Å². The third-order valence-electron chi connectivity index (χ3n) is 4.58. The maximum atomic E-state index is 12.5. The van der Waals surface area contributed by atoms with Crippen molar-refractivity contribution in [2.24, 2.45) is 5.92 Å². The maximum Gasteiger partial charge on any atom is 0.310 e. The first-order chi connectivity index (χ1) is 13.5. The molecule has 1 atom stereocenters. The number of thiophene rings is 1. The standard InChI is InChI=1S/C19H23N3O5S/c1-3-26-19(25)13-5-4-10-22(11-13)17(24)9-8-16-20-21-18(27-16)15-7-6-14(28-15)12(2)23/h6-7,13H,3-5,8-11H2,1-2H3/t13-/m0/s1. The highest BCUT2D eigenvalue weighted by Gasteiger charge is 2.29. The summed E-state index contributed by atoms with van der Waals surface area (Å²) in [5.41, 5.74) is 0. The van der Waals surface area contributed by atoms with Gasteiger partial charge in [0, 0.05) is 25.9 Å². The van der Waals surface area contributed by atoms with Crippen LogP contribution in [0.15, 0.2) is 16.5 Å². The maximum absolute atomic E-state index is 12.5. The summed E-state index contributed by atoms with van der Waals surface area (Å²) in [6.45, 7) is 4.68. The molecule has 3 heterocycles. The van der Waals surface area contributed by atoms with E-state index >= 15 is 0 Å². The number of ether oxygens (including phenoxy) is 1. The second kappa shape index (κ2) is 9.09. The van der Waals surface area contributed by atoms with Gasteiger partial charge in [0.25, 0.3) is 5.89 Å². The fourth-order valence-electron chi connectivity index (χ4n) is 3.12. The van der Waals surface area contributed by atoms with Gasteiger partial charge in [-0.05, 0) is 38.8 Å². The summed E-state index contributed by atoms with van der Waals surface area (Å²) in [6, 6.07) is 3.50. The molecule has 0 bridgehead atoms. The fourth-order valence-corrected chi connectivity index (χ4v) is 3.95. The number of aromatic nitrogens is 2. The van der Waals surface area contributed by atoms with Crippen LogP contribution in [0, 0.1) is 5.92 Å². The second-order valence-electron chi connectivity index (χ2n) is 6.65. The zero-order valence-corrected chi connectivity index (χ0v) is 16.8. The molecule has 1 fully saturated rings. The van der Waals surface area contributed by atoms with Crippen LogP contribution in [0.1, 0.15) is 48.7 Å². The van der Waals surface area contributed by atoms with E-state index in [9.17, 15) is 14.4 Å². The highest BCUT2D eigenvalue weighted by Crippen LogP contribution is 2.27. The Morgan fingerprint density at radius 1 is 1.32 bits per heavy atom. The van der Waals surface area contributed by atoms with Crippen LogP contribution in [0.5, 0.6) is 0 Å². The van der Waals surface area contributed by atoms with Crippen LogP contribution >= 0.6 is 11.3 Å². The summed E-state index contributed by atoms with van der Waals surface area (Å²) in [5.74, 6) is 0.192. The zero-order valence-electron chi connectivity index (χ0n) is 16.0. The minimum absolute atomic E-state index is 0.00996. The van der Waals surface area contributed by atoms with Crippen molar-refractivity contribution in [3.8, 4) is 10.8 Å². The number of carbonyl (C=O) groups excluding carboxylic acids is 3. The number of nitrogens with zero attached hydrogens (tertiary/aromatic N) is 3. The largest absolute Gasteiger partial charge is 0.466 e. The van der Waals surface area contributed by atoms with Crippen LogP contribution in [-0.2, 0) is 20.7 Å². The second-order valence-corrected chi connectivity index (χ2v) is 7.74. The van der Waals surface area contributed by atoms with Crippen molar-refractivity contribution in [1.82, 2.24) is 15.1 Å². The number of rotatable bonds is 7. The van der Waals surface area contributed by atoms with Gasteiger partial charge in [0.2, 0.25) is 11.8 Å². The molecule has 0 saturated carbocycles. The van der Waals surface area contributed by atoms with E-state index in [2.05, 4.69) is 10.2 Å². The summed E-state index contributed by atoms with van der Waals surface area (Å²) in [6.07, 6.45) is 2.10. The van der Waals surface area contributed by atoms with Gasteiger partial charge in [0.15, 0.2) is 5.78 Å². The van der Waals surface area contributed by atoms with Crippen molar-refractivity contribution in [3.63, 3.8) is 0 Å². The third-order valence-corrected chi connectivity index (χ3v) is 5.75. The Morgan fingerprint density at radius 3 is 2.86 bits per heavy atom. The Morgan fingerprint density at radius 2 is 2.14 bits per heavy atom. The van der Waals surface area contributed by atoms with E-state index in [1.54, 1.807) is 24.0 Å². The van der Waals surface area contributed by atoms with Crippen molar-refractivity contribution in [3.05, 3.63) is 22.9 Å². The molecule has 150 valence electrons. The Labute approximate surface area is 166 Å². The molecule has 3 rings (SSSR count). The number of piperidine rings is 1. The van der Waals surface area contributed by atoms with Crippen LogP contribution in [0.4, 0.5) is 0 Å². The van der Waals surface area contributed by atoms with Gasteiger partial charge in [-0.1, -0.05) is 0 Å². The molecule has 0 unspecified atom stereocenters. The normalized spacial score (nSPS) is 16.8. The van der Waals surface area contributed by atoms with E-state index in [1.165, 1.54) is 18.3 Å². The molecule has 1 aliphatic heterocycles. The molecule has 1 saturated heterocycles. The number of carbonyl (C=O) groups is 3. The van der Waals surface area contributed by atoms with Crippen LogP contribution in [-0.4, -0.2) is 52.5 Å². The number of likely N-dealkylation sites (tertiary alicyclic amines) is 1. The minimum atomic E-state index is -0.248. The molecule has 2 aromatic heterocycles. The van der Waals surface area contributed by atoms with Crippen LogP contribution in [0.25, 0.3) is 10.8 Å². The summed E-state index contributed by atoms with van der Waals surface area (Å²) in [7, 11) is 0. The molecule has 0 radical (unpaired) electrons. The Bertz CT molecular complexity index is 859. The molecule has 2 aromatic rings. The van der Waals surface area contributed by atoms with Crippen molar-refractivity contribution in [1.29, 1.82) is 0 Å². The van der Waals surface area contributed by atoms with Gasteiger partial charge < -0.3 is 14.1 Å². The summed E-state index contributed by atoms with van der Waals surface area (Å²) < 4.78 is 10.7. The molecule has 0 N–H and O–H groups in total. The van der Waals surface area contributed by atoms with Gasteiger partial charge in [0.05, 0.1) is 22.3 Å². The van der Waals surface area contributed by atoms with Crippen LogP contribution in [0.2, 0.25) is 0 Å². The van der Waals surface area contributed by atoms with Crippen LogP contribution < -0.4 is 0 Å². The van der Waals surface area contributed by atoms with Gasteiger partial charge in [-0.3, -0.25) is 14.4 Å². The number of esters is 1. The fraction of sp³-hybridized carbons (Fsp3) is 0.526. The number of ketones is 1. The lowest BCUT2D eigenvalue weighted by Gasteiger charge is -2.31. The van der Waals surface area contributed by atoms with Gasteiger partial charge in [0.1, 0.15) is 0 Å². The van der Waals surface area contributed by atoms with E-state index in [0.29, 0.717) is 42.8 Å². The van der Waals surface area contributed by atoms with Crippen molar-refractivity contribution >= 4 is 29.0 Å². The van der Waals surface area contributed by atoms with Gasteiger partial charge in [-0.15, -0.1) is 21.5 Å². The lowest BCUT2D eigenvalue weighted by atomic mass is 9.98. The predicted octanol–water partition coefficient (Wildman–Crippen LogP) is 2.74. The molecular formula is C19H23N3O5S. The molecule has 28 heavy (non-hydrogen) atoms. The third kappa shape index (κ3) is 4.83. The zero-order chi connectivity index (χ0) is 20.1. The summed E-state index contributed by atoms with van der Waals surface area (Å²) in [4.78, 5) is 38.9. The van der Waals surface area contributed by atoms with E-state index in [4.69, 9.17) is 9.15 Å². The number of aryl methyl sites for hydroxylation is 1. The SMILES string of the molecule is CCOC(=O)[C@H]1CCCN(C(=O)CCc2nnc(-c3ccc(C(C)=O)s3)o2)C1. The first-order valence-electron chi connectivity index (χ1n) is 9.36. The monoisotopic (exact) mass is 405 g/mol.